The topological polar surface area (TPSA) is 88.0 Å². The van der Waals surface area contributed by atoms with Crippen LogP contribution in [0.25, 0.3) is 5.69 Å². The largest absolute Gasteiger partial charge is 0.416 e. The van der Waals surface area contributed by atoms with Crippen LogP contribution in [0.1, 0.15) is 38.1 Å². The Morgan fingerprint density at radius 3 is 2.50 bits per heavy atom. The van der Waals surface area contributed by atoms with Crippen LogP contribution in [0.4, 0.5) is 29.7 Å². The van der Waals surface area contributed by atoms with Gasteiger partial charge < -0.3 is 15.2 Å². The predicted octanol–water partition coefficient (Wildman–Crippen LogP) is 4.16. The zero-order valence-corrected chi connectivity index (χ0v) is 17.7. The molecule has 0 radical (unpaired) electrons. The molecule has 0 saturated carbocycles. The number of anilines is 2. The van der Waals surface area contributed by atoms with E-state index in [9.17, 15) is 18.0 Å². The SMILES string of the molecule is CC(Nc1nccc(N2CC(C)(C)NC2=O)n1)c1cn(-c2ccc(C(F)(F)F)cc2)cn1. The number of carbonyl (C=O) groups is 1. The normalized spacial score (nSPS) is 16.7. The number of benzene rings is 1. The molecule has 32 heavy (non-hydrogen) atoms. The van der Waals surface area contributed by atoms with Crippen molar-refractivity contribution in [1.29, 1.82) is 0 Å². The average molecular weight is 445 g/mol. The first-order valence-corrected chi connectivity index (χ1v) is 9.93. The number of aromatic nitrogens is 4. The highest BCUT2D eigenvalue weighted by atomic mass is 19.4. The van der Waals surface area contributed by atoms with Crippen molar-refractivity contribution in [3.63, 3.8) is 0 Å². The summed E-state index contributed by atoms with van der Waals surface area (Å²) in [5.41, 5.74) is 0.154. The number of nitrogens with zero attached hydrogens (tertiary/aromatic N) is 5. The minimum absolute atomic E-state index is 0.219. The lowest BCUT2D eigenvalue weighted by atomic mass is 10.1. The lowest BCUT2D eigenvalue weighted by Gasteiger charge is -2.18. The third-order valence-corrected chi connectivity index (χ3v) is 5.05. The molecule has 1 aliphatic rings. The molecule has 3 heterocycles. The lowest BCUT2D eigenvalue weighted by Crippen LogP contribution is -2.36. The van der Waals surface area contributed by atoms with Gasteiger partial charge in [0, 0.05) is 18.1 Å². The molecule has 1 unspecified atom stereocenters. The van der Waals surface area contributed by atoms with E-state index in [0.717, 1.165) is 12.1 Å². The molecule has 1 fully saturated rings. The first kappa shape index (κ1) is 21.6. The van der Waals surface area contributed by atoms with Crippen LogP contribution in [-0.4, -0.2) is 37.6 Å². The Hall–Kier alpha value is -3.63. The predicted molar refractivity (Wildman–Crippen MR) is 113 cm³/mol. The molecule has 1 saturated heterocycles. The van der Waals surface area contributed by atoms with Crippen molar-refractivity contribution in [2.24, 2.45) is 0 Å². The van der Waals surface area contributed by atoms with Gasteiger partial charge in [0.05, 0.1) is 35.7 Å². The summed E-state index contributed by atoms with van der Waals surface area (Å²) in [6, 6.07) is 6.00. The third-order valence-electron chi connectivity index (χ3n) is 5.05. The molecule has 11 heteroatoms. The van der Waals surface area contributed by atoms with Gasteiger partial charge >= 0.3 is 12.2 Å². The standard InChI is InChI=1S/C21H22F3N7O/c1-13(16-10-30(12-26-16)15-6-4-14(5-7-15)21(22,23)24)27-18-25-9-8-17(28-18)31-11-20(2,3)29-19(31)32/h4-10,12-13H,11H2,1-3H3,(H,29,32)(H,25,27,28). The molecule has 0 aliphatic carbocycles. The first-order valence-electron chi connectivity index (χ1n) is 9.93. The van der Waals surface area contributed by atoms with Gasteiger partial charge in [0.15, 0.2) is 0 Å². The number of hydrogen-bond acceptors (Lipinski definition) is 5. The van der Waals surface area contributed by atoms with Gasteiger partial charge in [-0.05, 0) is 51.1 Å². The van der Waals surface area contributed by atoms with Gasteiger partial charge in [0.2, 0.25) is 5.95 Å². The van der Waals surface area contributed by atoms with E-state index in [4.69, 9.17) is 0 Å². The number of rotatable bonds is 5. The molecule has 4 rings (SSSR count). The van der Waals surface area contributed by atoms with E-state index in [1.54, 1.807) is 27.9 Å². The molecule has 168 valence electrons. The first-order chi connectivity index (χ1) is 15.0. The molecule has 1 aliphatic heterocycles. The van der Waals surface area contributed by atoms with Crippen molar-refractivity contribution in [2.75, 3.05) is 16.8 Å². The maximum absolute atomic E-state index is 12.8. The number of nitrogens with one attached hydrogen (secondary N) is 2. The average Bonchev–Trinajstić information content (AvgIpc) is 3.32. The summed E-state index contributed by atoms with van der Waals surface area (Å²) < 4.78 is 39.9. The van der Waals surface area contributed by atoms with Crippen LogP contribution in [0.15, 0.2) is 49.1 Å². The Morgan fingerprint density at radius 2 is 1.88 bits per heavy atom. The summed E-state index contributed by atoms with van der Waals surface area (Å²) in [7, 11) is 0. The van der Waals surface area contributed by atoms with Crippen LogP contribution >= 0.6 is 0 Å². The molecular weight excluding hydrogens is 423 g/mol. The van der Waals surface area contributed by atoms with Crippen LogP contribution in [0, 0.1) is 0 Å². The fourth-order valence-electron chi connectivity index (χ4n) is 3.41. The molecule has 3 aromatic rings. The maximum atomic E-state index is 12.8. The van der Waals surface area contributed by atoms with E-state index in [1.807, 2.05) is 20.8 Å². The Morgan fingerprint density at radius 1 is 1.16 bits per heavy atom. The monoisotopic (exact) mass is 445 g/mol. The van der Waals surface area contributed by atoms with Crippen molar-refractivity contribution in [1.82, 2.24) is 24.8 Å². The fourth-order valence-corrected chi connectivity index (χ4v) is 3.41. The van der Waals surface area contributed by atoms with Crippen LogP contribution in [-0.2, 0) is 6.18 Å². The minimum Gasteiger partial charge on any atom is -0.346 e. The lowest BCUT2D eigenvalue weighted by molar-refractivity contribution is -0.137. The summed E-state index contributed by atoms with van der Waals surface area (Å²) in [5.74, 6) is 0.810. The van der Waals surface area contributed by atoms with Crippen molar-refractivity contribution < 1.29 is 18.0 Å². The molecule has 1 aromatic carbocycles. The molecule has 0 spiro atoms. The smallest absolute Gasteiger partial charge is 0.346 e. The van der Waals surface area contributed by atoms with Gasteiger partial charge in [-0.2, -0.15) is 18.2 Å². The molecule has 1 atom stereocenters. The van der Waals surface area contributed by atoms with Gasteiger partial charge in [-0.3, -0.25) is 4.90 Å². The van der Waals surface area contributed by atoms with E-state index < -0.39 is 11.7 Å². The summed E-state index contributed by atoms with van der Waals surface area (Å²) in [6.07, 6.45) is 0.443. The number of urea groups is 1. The van der Waals surface area contributed by atoms with E-state index in [1.165, 1.54) is 18.5 Å². The minimum atomic E-state index is -4.38. The van der Waals surface area contributed by atoms with Crippen molar-refractivity contribution in [3.8, 4) is 5.69 Å². The number of amides is 2. The van der Waals surface area contributed by atoms with Crippen LogP contribution < -0.4 is 15.5 Å². The maximum Gasteiger partial charge on any atom is 0.416 e. The Bertz CT molecular complexity index is 1120. The second kappa shape index (κ2) is 7.81. The van der Waals surface area contributed by atoms with Crippen LogP contribution in [0.5, 0.6) is 0 Å². The highest BCUT2D eigenvalue weighted by Crippen LogP contribution is 2.30. The fraction of sp³-hybridized carbons (Fsp3) is 0.333. The van der Waals surface area contributed by atoms with Gasteiger partial charge in [-0.15, -0.1) is 0 Å². The second-order valence-electron chi connectivity index (χ2n) is 8.26. The van der Waals surface area contributed by atoms with Crippen LogP contribution in [0.3, 0.4) is 0 Å². The Kier molecular flexibility index (Phi) is 5.27. The second-order valence-corrected chi connectivity index (χ2v) is 8.26. The number of carbonyl (C=O) groups excluding carboxylic acids is 1. The number of halogens is 3. The zero-order chi connectivity index (χ0) is 23.1. The molecule has 0 bridgehead atoms. The highest BCUT2D eigenvalue weighted by molar-refractivity contribution is 5.94. The summed E-state index contributed by atoms with van der Waals surface area (Å²) in [5, 5.41) is 6.03. The molecule has 2 amide bonds. The van der Waals surface area contributed by atoms with Crippen molar-refractivity contribution in [3.05, 3.63) is 60.3 Å². The Labute approximate surface area is 182 Å². The number of hydrogen-bond donors (Lipinski definition) is 2. The summed E-state index contributed by atoms with van der Waals surface area (Å²) in [4.78, 5) is 26.8. The quantitative estimate of drug-likeness (QED) is 0.616. The number of alkyl halides is 3. The molecule has 2 aromatic heterocycles. The summed E-state index contributed by atoms with van der Waals surface area (Å²) in [6.45, 7) is 6.21. The van der Waals surface area contributed by atoms with E-state index in [0.29, 0.717) is 29.7 Å². The van der Waals surface area contributed by atoms with Crippen molar-refractivity contribution >= 4 is 17.8 Å². The third kappa shape index (κ3) is 4.51. The van der Waals surface area contributed by atoms with Crippen molar-refractivity contribution in [2.45, 2.75) is 38.5 Å². The Balaban J connectivity index is 1.47. The molecular formula is C21H22F3N7O. The highest BCUT2D eigenvalue weighted by Gasteiger charge is 2.36. The van der Waals surface area contributed by atoms with E-state index >= 15 is 0 Å². The van der Waals surface area contributed by atoms with Gasteiger partial charge in [-0.1, -0.05) is 0 Å². The molecule has 2 N–H and O–H groups in total. The van der Waals surface area contributed by atoms with Gasteiger partial charge in [0.25, 0.3) is 0 Å². The van der Waals surface area contributed by atoms with E-state index in [2.05, 4.69) is 25.6 Å². The van der Waals surface area contributed by atoms with E-state index in [-0.39, 0.29) is 17.6 Å². The van der Waals surface area contributed by atoms with Gasteiger partial charge in [-0.25, -0.2) is 14.8 Å². The van der Waals surface area contributed by atoms with Gasteiger partial charge in [0.1, 0.15) is 5.82 Å². The zero-order valence-electron chi connectivity index (χ0n) is 17.7. The number of imidazole rings is 1. The van der Waals surface area contributed by atoms with Crippen LogP contribution in [0.2, 0.25) is 0 Å². The summed E-state index contributed by atoms with van der Waals surface area (Å²) >= 11 is 0. The molecule has 8 nitrogen and oxygen atoms in total.